The molecule has 1 heterocycles. The molecule has 0 radical (unpaired) electrons. The zero-order valence-electron chi connectivity index (χ0n) is 17.8. The van der Waals surface area contributed by atoms with Gasteiger partial charge in [-0.05, 0) is 56.3 Å². The van der Waals surface area contributed by atoms with Crippen molar-refractivity contribution < 1.29 is 32.3 Å². The van der Waals surface area contributed by atoms with Crippen molar-refractivity contribution in [3.05, 3.63) is 48.0 Å². The minimum Gasteiger partial charge on any atom is -0.494 e. The van der Waals surface area contributed by atoms with Crippen molar-refractivity contribution in [2.24, 2.45) is 0 Å². The summed E-state index contributed by atoms with van der Waals surface area (Å²) < 4.78 is 35.5. The molecule has 0 fully saturated rings. The van der Waals surface area contributed by atoms with E-state index >= 15 is 0 Å². The number of nitrogens with zero attached hydrogens (tertiary/aromatic N) is 1. The summed E-state index contributed by atoms with van der Waals surface area (Å²) in [5.74, 6) is -2.26. The minimum atomic E-state index is -4.01. The number of nitrogens with one attached hydrogen (secondary N) is 1. The van der Waals surface area contributed by atoms with Crippen LogP contribution in [-0.2, 0) is 19.4 Å². The lowest BCUT2D eigenvalue weighted by Crippen LogP contribution is -2.38. The first kappa shape index (κ1) is 23.3. The quantitative estimate of drug-likeness (QED) is 0.569. The fourth-order valence-corrected chi connectivity index (χ4v) is 4.39. The Morgan fingerprint density at radius 2 is 1.81 bits per heavy atom. The Hall–Kier alpha value is -3.40. The van der Waals surface area contributed by atoms with Gasteiger partial charge in [0.1, 0.15) is 23.0 Å². The van der Waals surface area contributed by atoms with Gasteiger partial charge in [0.25, 0.3) is 5.91 Å². The maximum Gasteiger partial charge on any atom is 0.265 e. The second kappa shape index (κ2) is 9.82. The fraction of sp³-hybridized carbons (Fsp3) is 0.318. The number of fused-ring (bicyclic) bond motifs is 1. The molecular formula is C22H24N2O7S. The van der Waals surface area contributed by atoms with Gasteiger partial charge in [0.05, 0.1) is 12.3 Å². The van der Waals surface area contributed by atoms with Crippen LogP contribution < -0.4 is 19.7 Å². The van der Waals surface area contributed by atoms with Crippen LogP contribution >= 0.6 is 0 Å². The van der Waals surface area contributed by atoms with Crippen molar-refractivity contribution in [3.63, 3.8) is 0 Å². The number of benzene rings is 2. The van der Waals surface area contributed by atoms with Gasteiger partial charge in [0.15, 0.2) is 22.2 Å². The van der Waals surface area contributed by atoms with Crippen LogP contribution in [0.3, 0.4) is 0 Å². The first-order valence-electron chi connectivity index (χ1n) is 10.1. The molecule has 0 atom stereocenters. The molecule has 0 unspecified atom stereocenters. The second-order valence-corrected chi connectivity index (χ2v) is 9.13. The van der Waals surface area contributed by atoms with Crippen LogP contribution in [0.4, 0.5) is 11.4 Å². The molecule has 2 amide bonds. The van der Waals surface area contributed by atoms with Crippen LogP contribution in [0.25, 0.3) is 0 Å². The predicted octanol–water partition coefficient (Wildman–Crippen LogP) is 2.07. The van der Waals surface area contributed by atoms with Crippen LogP contribution in [0.5, 0.6) is 11.5 Å². The zero-order chi connectivity index (χ0) is 23.3. The molecule has 0 saturated carbocycles. The van der Waals surface area contributed by atoms with E-state index in [2.05, 4.69) is 5.32 Å². The highest BCUT2D eigenvalue weighted by Gasteiger charge is 2.27. The number of carbonyl (C=O) groups is 3. The van der Waals surface area contributed by atoms with Gasteiger partial charge >= 0.3 is 0 Å². The van der Waals surface area contributed by atoms with Gasteiger partial charge in [-0.15, -0.1) is 0 Å². The molecule has 2 aromatic rings. The monoisotopic (exact) mass is 460 g/mol. The summed E-state index contributed by atoms with van der Waals surface area (Å²) in [5, 5.41) is 2.49. The first-order chi connectivity index (χ1) is 15.2. The summed E-state index contributed by atoms with van der Waals surface area (Å²) in [5.41, 5.74) is 0.954. The van der Waals surface area contributed by atoms with Gasteiger partial charge in [-0.3, -0.25) is 14.4 Å². The van der Waals surface area contributed by atoms with E-state index in [0.717, 1.165) is 0 Å². The molecule has 9 nitrogen and oxygen atoms in total. The summed E-state index contributed by atoms with van der Waals surface area (Å²) in [4.78, 5) is 38.2. The Morgan fingerprint density at radius 1 is 1.09 bits per heavy atom. The predicted molar refractivity (Wildman–Crippen MR) is 119 cm³/mol. The average molecular weight is 461 g/mol. The molecule has 170 valence electrons. The largest absolute Gasteiger partial charge is 0.494 e. The van der Waals surface area contributed by atoms with Crippen LogP contribution in [-0.4, -0.2) is 57.3 Å². The molecule has 2 aromatic carbocycles. The number of sulfone groups is 1. The van der Waals surface area contributed by atoms with E-state index in [0.29, 0.717) is 36.0 Å². The van der Waals surface area contributed by atoms with Gasteiger partial charge in [0, 0.05) is 17.8 Å². The molecule has 0 aromatic heterocycles. The minimum absolute atomic E-state index is 0.0913. The third kappa shape index (κ3) is 5.64. The number of hydrogen-bond acceptors (Lipinski definition) is 7. The number of Topliss-reactive ketones (excluding diaryl/α,β-unsaturated/α-hetero) is 1. The number of carbonyl (C=O) groups excluding carboxylic acids is 3. The smallest absolute Gasteiger partial charge is 0.265 e. The molecular weight excluding hydrogens is 436 g/mol. The van der Waals surface area contributed by atoms with Gasteiger partial charge in [-0.25, -0.2) is 8.42 Å². The van der Waals surface area contributed by atoms with Crippen molar-refractivity contribution in [2.45, 2.75) is 13.8 Å². The number of anilines is 2. The van der Waals surface area contributed by atoms with E-state index in [1.165, 1.54) is 23.1 Å². The highest BCUT2D eigenvalue weighted by atomic mass is 32.2. The lowest BCUT2D eigenvalue weighted by Gasteiger charge is -2.28. The van der Waals surface area contributed by atoms with Crippen LogP contribution in [0, 0.1) is 0 Å². The molecule has 3 rings (SSSR count). The van der Waals surface area contributed by atoms with Crippen LogP contribution in [0.1, 0.15) is 24.2 Å². The molecule has 1 aliphatic heterocycles. The average Bonchev–Trinajstić information content (AvgIpc) is 2.74. The van der Waals surface area contributed by atoms with Crippen molar-refractivity contribution in [3.8, 4) is 11.5 Å². The molecule has 0 saturated heterocycles. The van der Waals surface area contributed by atoms with E-state index in [1.54, 1.807) is 31.2 Å². The molecule has 1 aliphatic rings. The van der Waals surface area contributed by atoms with Crippen LogP contribution in [0.15, 0.2) is 42.5 Å². The Kier molecular flexibility index (Phi) is 7.14. The van der Waals surface area contributed by atoms with Crippen LogP contribution in [0.2, 0.25) is 0 Å². The summed E-state index contributed by atoms with van der Waals surface area (Å²) >= 11 is 0. The highest BCUT2D eigenvalue weighted by Crippen LogP contribution is 2.33. The van der Waals surface area contributed by atoms with Gasteiger partial charge in [-0.1, -0.05) is 0 Å². The lowest BCUT2D eigenvalue weighted by atomic mass is 10.1. The number of amides is 2. The Labute approximate surface area is 186 Å². The standard InChI is InChI=1S/C22H24N2O7S/c1-3-24-18-11-15(5-10-20(18)31-12-22(24)27)19(25)13-32(28,29)14-21(26)23-16-6-8-17(9-7-16)30-4-2/h5-11H,3-4,12-14H2,1-2H3,(H,23,26). The zero-order valence-corrected chi connectivity index (χ0v) is 18.6. The van der Waals surface area contributed by atoms with Crippen molar-refractivity contribution in [2.75, 3.05) is 41.5 Å². The van der Waals surface area contributed by atoms with Gasteiger partial charge in [0.2, 0.25) is 5.91 Å². The highest BCUT2D eigenvalue weighted by molar-refractivity contribution is 7.92. The SMILES string of the molecule is CCOc1ccc(NC(=O)CS(=O)(=O)CC(=O)c2ccc3c(c2)N(CC)C(=O)CO3)cc1. The number of ketones is 1. The Balaban J connectivity index is 1.64. The van der Waals surface area contributed by atoms with E-state index in [9.17, 15) is 22.8 Å². The first-order valence-corrected chi connectivity index (χ1v) is 11.9. The number of ether oxygens (including phenoxy) is 2. The topological polar surface area (TPSA) is 119 Å². The number of hydrogen-bond donors (Lipinski definition) is 1. The second-order valence-electron chi connectivity index (χ2n) is 7.07. The Bertz CT molecular complexity index is 1130. The maximum atomic E-state index is 12.6. The van der Waals surface area contributed by atoms with E-state index in [4.69, 9.17) is 9.47 Å². The van der Waals surface area contributed by atoms with Crippen molar-refractivity contribution in [1.29, 1.82) is 0 Å². The normalized spacial score (nSPS) is 13.2. The van der Waals surface area contributed by atoms with E-state index < -0.39 is 33.0 Å². The summed E-state index contributed by atoms with van der Waals surface area (Å²) in [7, 11) is -4.01. The summed E-state index contributed by atoms with van der Waals surface area (Å²) in [6.07, 6.45) is 0. The fourth-order valence-electron chi connectivity index (χ4n) is 3.25. The van der Waals surface area contributed by atoms with E-state index in [-0.39, 0.29) is 18.1 Å². The molecule has 0 spiro atoms. The summed E-state index contributed by atoms with van der Waals surface area (Å²) in [6.45, 7) is 4.43. The third-order valence-electron chi connectivity index (χ3n) is 4.69. The lowest BCUT2D eigenvalue weighted by molar-refractivity contribution is -0.121. The Morgan fingerprint density at radius 3 is 2.47 bits per heavy atom. The molecule has 0 aliphatic carbocycles. The molecule has 10 heteroatoms. The molecule has 1 N–H and O–H groups in total. The van der Waals surface area contributed by atoms with Gasteiger partial charge in [-0.2, -0.15) is 0 Å². The number of likely N-dealkylation sites (N-methyl/N-ethyl adjacent to an activating group) is 1. The van der Waals surface area contributed by atoms with Crippen molar-refractivity contribution in [1.82, 2.24) is 0 Å². The summed E-state index contributed by atoms with van der Waals surface area (Å²) in [6, 6.07) is 10.9. The third-order valence-corrected chi connectivity index (χ3v) is 6.10. The maximum absolute atomic E-state index is 12.6. The van der Waals surface area contributed by atoms with Gasteiger partial charge < -0.3 is 19.7 Å². The molecule has 32 heavy (non-hydrogen) atoms. The van der Waals surface area contributed by atoms with E-state index in [1.807, 2.05) is 6.92 Å². The number of rotatable bonds is 9. The molecule has 0 bridgehead atoms. The van der Waals surface area contributed by atoms with Crippen molar-refractivity contribution >= 4 is 38.8 Å².